The maximum absolute atomic E-state index is 12.0. The molecule has 1 aromatic carbocycles. The SMILES string of the molecule is Cc1nccn1Cc1cccc(CNC(=O)NCCN2CCCCC2)c1. The van der Waals surface area contributed by atoms with Gasteiger partial charge in [0.1, 0.15) is 5.82 Å². The number of aromatic nitrogens is 2. The van der Waals surface area contributed by atoms with Gasteiger partial charge in [-0.15, -0.1) is 0 Å². The Morgan fingerprint density at radius 3 is 2.73 bits per heavy atom. The number of benzene rings is 1. The Bertz CT molecular complexity index is 706. The molecule has 1 fully saturated rings. The summed E-state index contributed by atoms with van der Waals surface area (Å²) < 4.78 is 2.11. The van der Waals surface area contributed by atoms with Gasteiger partial charge in [-0.2, -0.15) is 0 Å². The molecule has 0 atom stereocenters. The van der Waals surface area contributed by atoms with Crippen molar-refractivity contribution in [2.24, 2.45) is 0 Å². The number of carbonyl (C=O) groups excluding carboxylic acids is 1. The maximum Gasteiger partial charge on any atom is 0.315 e. The van der Waals surface area contributed by atoms with E-state index in [-0.39, 0.29) is 6.03 Å². The van der Waals surface area contributed by atoms with Gasteiger partial charge >= 0.3 is 6.03 Å². The number of piperidine rings is 1. The second kappa shape index (κ2) is 9.38. The molecule has 2 amide bonds. The van der Waals surface area contributed by atoms with Crippen molar-refractivity contribution in [1.82, 2.24) is 25.1 Å². The molecule has 0 radical (unpaired) electrons. The Morgan fingerprint density at radius 1 is 1.15 bits per heavy atom. The van der Waals surface area contributed by atoms with Gasteiger partial charge < -0.3 is 20.1 Å². The summed E-state index contributed by atoms with van der Waals surface area (Å²) in [5, 5.41) is 5.90. The Kier molecular flexibility index (Phi) is 6.66. The van der Waals surface area contributed by atoms with Crippen molar-refractivity contribution in [3.8, 4) is 0 Å². The van der Waals surface area contributed by atoms with Crippen LogP contribution in [0.5, 0.6) is 0 Å². The van der Waals surface area contributed by atoms with Gasteiger partial charge in [0, 0.05) is 38.6 Å². The van der Waals surface area contributed by atoms with Crippen molar-refractivity contribution < 1.29 is 4.79 Å². The minimum Gasteiger partial charge on any atom is -0.337 e. The summed E-state index contributed by atoms with van der Waals surface area (Å²) in [6, 6.07) is 8.21. The fourth-order valence-electron chi connectivity index (χ4n) is 3.36. The minimum absolute atomic E-state index is 0.0992. The Morgan fingerprint density at radius 2 is 1.96 bits per heavy atom. The molecule has 6 heteroatoms. The molecule has 1 saturated heterocycles. The number of urea groups is 1. The van der Waals surface area contributed by atoms with Crippen LogP contribution in [0.3, 0.4) is 0 Å². The van der Waals surface area contributed by atoms with Gasteiger partial charge in [-0.3, -0.25) is 0 Å². The average molecular weight is 355 g/mol. The van der Waals surface area contributed by atoms with Crippen LogP contribution in [0.2, 0.25) is 0 Å². The van der Waals surface area contributed by atoms with Crippen molar-refractivity contribution in [2.75, 3.05) is 26.2 Å². The predicted molar refractivity (Wildman–Crippen MR) is 103 cm³/mol. The van der Waals surface area contributed by atoms with Crippen LogP contribution in [-0.4, -0.2) is 46.7 Å². The molecule has 140 valence electrons. The molecule has 0 unspecified atom stereocenters. The molecule has 0 spiro atoms. The number of nitrogens with zero attached hydrogens (tertiary/aromatic N) is 3. The minimum atomic E-state index is -0.0992. The van der Waals surface area contributed by atoms with Gasteiger partial charge in [0.15, 0.2) is 0 Å². The fraction of sp³-hybridized carbons (Fsp3) is 0.500. The quantitative estimate of drug-likeness (QED) is 0.802. The molecular formula is C20H29N5O. The molecule has 1 aromatic heterocycles. The van der Waals surface area contributed by atoms with Crippen molar-refractivity contribution in [3.63, 3.8) is 0 Å². The first-order chi connectivity index (χ1) is 12.7. The third-order valence-corrected chi connectivity index (χ3v) is 4.88. The van der Waals surface area contributed by atoms with Crippen LogP contribution >= 0.6 is 0 Å². The van der Waals surface area contributed by atoms with Crippen molar-refractivity contribution >= 4 is 6.03 Å². The molecule has 6 nitrogen and oxygen atoms in total. The highest BCUT2D eigenvalue weighted by atomic mass is 16.2. The molecule has 3 rings (SSSR count). The molecule has 0 saturated carbocycles. The van der Waals surface area contributed by atoms with Gasteiger partial charge in [-0.1, -0.05) is 30.7 Å². The second-order valence-corrected chi connectivity index (χ2v) is 6.93. The van der Waals surface area contributed by atoms with E-state index in [1.54, 1.807) is 0 Å². The van der Waals surface area contributed by atoms with Gasteiger partial charge in [0.05, 0.1) is 0 Å². The summed E-state index contributed by atoms with van der Waals surface area (Å²) in [5.41, 5.74) is 2.31. The maximum atomic E-state index is 12.0. The first-order valence-electron chi connectivity index (χ1n) is 9.50. The molecule has 0 bridgehead atoms. The van der Waals surface area contributed by atoms with E-state index in [2.05, 4.69) is 37.2 Å². The summed E-state index contributed by atoms with van der Waals surface area (Å²) >= 11 is 0. The van der Waals surface area contributed by atoms with Crippen LogP contribution in [0, 0.1) is 6.92 Å². The highest BCUT2D eigenvalue weighted by Gasteiger charge is 2.09. The topological polar surface area (TPSA) is 62.2 Å². The number of likely N-dealkylation sites (tertiary alicyclic amines) is 1. The fourth-order valence-corrected chi connectivity index (χ4v) is 3.36. The summed E-state index contributed by atoms with van der Waals surface area (Å²) in [4.78, 5) is 18.7. The van der Waals surface area contributed by atoms with E-state index in [1.807, 2.05) is 31.5 Å². The summed E-state index contributed by atoms with van der Waals surface area (Å²) in [6.45, 7) is 7.28. The lowest BCUT2D eigenvalue weighted by atomic mass is 10.1. The molecule has 2 aromatic rings. The van der Waals surface area contributed by atoms with E-state index in [0.29, 0.717) is 13.1 Å². The molecule has 26 heavy (non-hydrogen) atoms. The zero-order chi connectivity index (χ0) is 18.2. The van der Waals surface area contributed by atoms with Crippen LogP contribution in [-0.2, 0) is 13.1 Å². The van der Waals surface area contributed by atoms with E-state index in [0.717, 1.165) is 37.6 Å². The van der Waals surface area contributed by atoms with Crippen LogP contribution in [0.1, 0.15) is 36.2 Å². The van der Waals surface area contributed by atoms with Crippen molar-refractivity contribution in [1.29, 1.82) is 0 Å². The third-order valence-electron chi connectivity index (χ3n) is 4.88. The van der Waals surface area contributed by atoms with Crippen LogP contribution < -0.4 is 10.6 Å². The molecule has 2 N–H and O–H groups in total. The van der Waals surface area contributed by atoms with Gasteiger partial charge in [0.2, 0.25) is 0 Å². The lowest BCUT2D eigenvalue weighted by Gasteiger charge is -2.26. The highest BCUT2D eigenvalue weighted by Crippen LogP contribution is 2.09. The predicted octanol–water partition coefficient (Wildman–Crippen LogP) is 2.52. The van der Waals surface area contributed by atoms with E-state index in [9.17, 15) is 4.79 Å². The zero-order valence-corrected chi connectivity index (χ0v) is 15.6. The molecule has 2 heterocycles. The Hall–Kier alpha value is -2.34. The molecular weight excluding hydrogens is 326 g/mol. The van der Waals surface area contributed by atoms with Crippen LogP contribution in [0.4, 0.5) is 4.79 Å². The Labute approximate surface area is 155 Å². The zero-order valence-electron chi connectivity index (χ0n) is 15.6. The lowest BCUT2D eigenvalue weighted by molar-refractivity contribution is 0.220. The molecule has 0 aliphatic carbocycles. The van der Waals surface area contributed by atoms with E-state index in [1.165, 1.54) is 24.8 Å². The van der Waals surface area contributed by atoms with Crippen molar-refractivity contribution in [3.05, 3.63) is 53.6 Å². The first-order valence-corrected chi connectivity index (χ1v) is 9.50. The number of amides is 2. The summed E-state index contributed by atoms with van der Waals surface area (Å²) in [7, 11) is 0. The number of imidazole rings is 1. The number of nitrogens with one attached hydrogen (secondary N) is 2. The molecule has 1 aliphatic rings. The standard InChI is InChI=1S/C20H29N5O/c1-17-21-9-13-25(17)16-19-7-5-6-18(14-19)15-23-20(26)22-8-12-24-10-3-2-4-11-24/h5-7,9,13-14H,2-4,8,10-12,15-16H2,1H3,(H2,22,23,26). The summed E-state index contributed by atoms with van der Waals surface area (Å²) in [6.07, 6.45) is 7.69. The number of aryl methyl sites for hydroxylation is 1. The Balaban J connectivity index is 1.40. The van der Waals surface area contributed by atoms with E-state index in [4.69, 9.17) is 0 Å². The number of hydrogen-bond donors (Lipinski definition) is 2. The van der Waals surface area contributed by atoms with Gasteiger partial charge in [-0.05, 0) is 44.0 Å². The van der Waals surface area contributed by atoms with Gasteiger partial charge in [0.25, 0.3) is 0 Å². The normalized spacial score (nSPS) is 15.0. The van der Waals surface area contributed by atoms with Crippen molar-refractivity contribution in [2.45, 2.75) is 39.3 Å². The number of rotatable bonds is 7. The summed E-state index contributed by atoms with van der Waals surface area (Å²) in [5.74, 6) is 1.00. The number of hydrogen-bond acceptors (Lipinski definition) is 3. The second-order valence-electron chi connectivity index (χ2n) is 6.93. The van der Waals surface area contributed by atoms with Crippen LogP contribution in [0.25, 0.3) is 0 Å². The monoisotopic (exact) mass is 355 g/mol. The largest absolute Gasteiger partial charge is 0.337 e. The third kappa shape index (κ3) is 5.59. The van der Waals surface area contributed by atoms with Gasteiger partial charge in [-0.25, -0.2) is 9.78 Å². The number of carbonyl (C=O) groups is 1. The smallest absolute Gasteiger partial charge is 0.315 e. The molecule has 1 aliphatic heterocycles. The highest BCUT2D eigenvalue weighted by molar-refractivity contribution is 5.73. The van der Waals surface area contributed by atoms with E-state index >= 15 is 0 Å². The lowest BCUT2D eigenvalue weighted by Crippen LogP contribution is -2.41. The van der Waals surface area contributed by atoms with Crippen LogP contribution in [0.15, 0.2) is 36.7 Å². The van der Waals surface area contributed by atoms with E-state index < -0.39 is 0 Å². The first kappa shape index (κ1) is 18.5. The average Bonchev–Trinajstić information content (AvgIpc) is 3.06.